The number of aryl methyl sites for hydroxylation is 12. The molecule has 0 bridgehead atoms. The molecule has 0 aliphatic rings. The fourth-order valence-electron chi connectivity index (χ4n) is 3.33. The summed E-state index contributed by atoms with van der Waals surface area (Å²) in [6.45, 7) is 13.1. The van der Waals surface area contributed by atoms with Gasteiger partial charge in [0.15, 0.2) is 5.82 Å². The van der Waals surface area contributed by atoms with Crippen molar-refractivity contribution >= 4 is 23.1 Å². The molecule has 12 heterocycles. The maximum atomic E-state index is 4.46. The Hall–Kier alpha value is -9.06. The average Bonchev–Trinajstić information content (AvgIpc) is 4.18. The molecule has 12 aromatic heterocycles. The molecule has 0 unspecified atom stereocenters. The fourth-order valence-corrected chi connectivity index (χ4v) is 4.20. The van der Waals surface area contributed by atoms with E-state index in [-0.39, 0.29) is 0 Å². The van der Waals surface area contributed by atoms with E-state index < -0.39 is 0 Å². The SMILES string of the molecule is Cc1cnc[nH]1.Cc1cnoc1.Cc1conn1.Cc1csnn1.Cc1ncn[nH]1.Cc1ncon1.Cc1ncsn1.Cn1cccc1.Cn1cccn1.Cn1ccnc1.Cn1cncn1.Cn1cnnc1. The molecule has 72 heavy (non-hydrogen) atoms. The summed E-state index contributed by atoms with van der Waals surface area (Å²) in [6, 6.07) is 5.89. The molecule has 0 atom stereocenters. The zero-order chi connectivity index (χ0) is 52.9. The maximum absolute atomic E-state index is 4.46. The van der Waals surface area contributed by atoms with Gasteiger partial charge in [0.05, 0.1) is 24.5 Å². The maximum Gasteiger partial charge on any atom is 0.213 e. The average molecular weight is 1030 g/mol. The summed E-state index contributed by atoms with van der Waals surface area (Å²) in [5.74, 6) is 2.39. The zero-order valence-corrected chi connectivity index (χ0v) is 43.7. The van der Waals surface area contributed by atoms with Crippen molar-refractivity contribution in [2.24, 2.45) is 35.2 Å². The highest BCUT2D eigenvalue weighted by atomic mass is 32.1. The molecule has 0 saturated carbocycles. The summed E-state index contributed by atoms with van der Waals surface area (Å²) in [5.41, 5.74) is 5.70. The van der Waals surface area contributed by atoms with E-state index in [1.165, 1.54) is 48.4 Å². The minimum Gasteiger partial charge on any atom is -0.365 e. The number of aromatic amines is 2. The molecule has 0 fully saturated rings. The second-order valence-corrected chi connectivity index (χ2v) is 14.7. The summed E-state index contributed by atoms with van der Waals surface area (Å²) in [5, 5.41) is 40.0. The second-order valence-electron chi connectivity index (χ2n) is 13.5. The highest BCUT2D eigenvalue weighted by molar-refractivity contribution is 7.03. The molecule has 0 aliphatic heterocycles. The normalized spacial score (nSPS) is 8.83. The largest absolute Gasteiger partial charge is 0.365 e. The molecular weight excluding hydrogens is 967 g/mol. The third-order valence-electron chi connectivity index (χ3n) is 6.70. The van der Waals surface area contributed by atoms with Gasteiger partial charge in [0.1, 0.15) is 67.0 Å². The first-order chi connectivity index (χ1) is 34.7. The van der Waals surface area contributed by atoms with Crippen LogP contribution in [0.3, 0.4) is 0 Å². The lowest BCUT2D eigenvalue weighted by molar-refractivity contribution is 0.392. The number of aromatic nitrogens is 25. The van der Waals surface area contributed by atoms with E-state index in [4.69, 9.17) is 0 Å². The smallest absolute Gasteiger partial charge is 0.213 e. The van der Waals surface area contributed by atoms with Crippen molar-refractivity contribution in [2.75, 3.05) is 0 Å². The van der Waals surface area contributed by atoms with Crippen LogP contribution >= 0.6 is 23.1 Å². The van der Waals surface area contributed by atoms with E-state index in [2.05, 4.69) is 114 Å². The summed E-state index contributed by atoms with van der Waals surface area (Å²) in [6.07, 6.45) is 30.4. The van der Waals surface area contributed by atoms with Crippen molar-refractivity contribution in [2.45, 2.75) is 48.5 Å². The van der Waals surface area contributed by atoms with Crippen LogP contribution in [-0.4, -0.2) is 123 Å². The Balaban J connectivity index is 0.000000393. The van der Waals surface area contributed by atoms with Gasteiger partial charge in [-0.3, -0.25) is 14.5 Å². The molecule has 0 saturated heterocycles. The number of hydrogen-bond acceptors (Lipinski definition) is 23. The lowest BCUT2D eigenvalue weighted by Gasteiger charge is -1.79. The lowest BCUT2D eigenvalue weighted by atomic mass is 10.4. The van der Waals surface area contributed by atoms with Gasteiger partial charge in [0.25, 0.3) is 0 Å². The number of nitrogens with zero attached hydrogens (tertiary/aromatic N) is 23. The summed E-state index contributed by atoms with van der Waals surface area (Å²) in [4.78, 5) is 25.3. The van der Waals surface area contributed by atoms with Crippen LogP contribution in [0.15, 0.2) is 155 Å². The van der Waals surface area contributed by atoms with Gasteiger partial charge < -0.3 is 32.3 Å². The molecule has 384 valence electrons. The molecule has 0 spiro atoms. The van der Waals surface area contributed by atoms with E-state index in [9.17, 15) is 0 Å². The van der Waals surface area contributed by atoms with Crippen molar-refractivity contribution < 1.29 is 13.6 Å². The molecule has 0 amide bonds. The van der Waals surface area contributed by atoms with Crippen LogP contribution in [-0.2, 0) is 35.2 Å². The Kier molecular flexibility index (Phi) is 34.7. The van der Waals surface area contributed by atoms with Crippen molar-refractivity contribution in [3.05, 3.63) is 182 Å². The van der Waals surface area contributed by atoms with Crippen LogP contribution < -0.4 is 0 Å². The Morgan fingerprint density at radius 1 is 0.597 bits per heavy atom. The first kappa shape index (κ1) is 61.0. The van der Waals surface area contributed by atoms with Crippen LogP contribution in [0.25, 0.3) is 0 Å². The van der Waals surface area contributed by atoms with Gasteiger partial charge in [0, 0.05) is 101 Å². The van der Waals surface area contributed by atoms with E-state index in [1.54, 1.807) is 89.1 Å². The van der Waals surface area contributed by atoms with Crippen LogP contribution in [0, 0.1) is 48.5 Å². The van der Waals surface area contributed by atoms with E-state index >= 15 is 0 Å². The van der Waals surface area contributed by atoms with Crippen molar-refractivity contribution in [1.29, 1.82) is 0 Å². The van der Waals surface area contributed by atoms with Gasteiger partial charge in [-0.25, -0.2) is 24.9 Å². The quantitative estimate of drug-likeness (QED) is 0.182. The number of H-pyrrole nitrogens is 2. The third-order valence-corrected chi connectivity index (χ3v) is 7.89. The van der Waals surface area contributed by atoms with Crippen molar-refractivity contribution in [3.8, 4) is 0 Å². The van der Waals surface area contributed by atoms with Gasteiger partial charge in [-0.1, -0.05) is 14.8 Å². The van der Waals surface area contributed by atoms with E-state index in [0.717, 1.165) is 34.3 Å². The van der Waals surface area contributed by atoms with Crippen LogP contribution in [0.4, 0.5) is 0 Å². The highest BCUT2D eigenvalue weighted by Crippen LogP contribution is 1.91. The molecule has 2 N–H and O–H groups in total. The Morgan fingerprint density at radius 2 is 1.38 bits per heavy atom. The molecule has 12 aromatic rings. The Morgan fingerprint density at radius 3 is 1.54 bits per heavy atom. The summed E-state index contributed by atoms with van der Waals surface area (Å²) >= 11 is 2.76. The minimum atomic E-state index is 0.676. The number of nitrogens with one attached hydrogen (secondary N) is 2. The topological polar surface area (TPSA) is 328 Å². The first-order valence-corrected chi connectivity index (χ1v) is 22.5. The molecule has 30 heteroatoms. The molecular formula is C42H61N25O3S2. The van der Waals surface area contributed by atoms with Gasteiger partial charge in [-0.2, -0.15) is 24.7 Å². The molecule has 0 aliphatic carbocycles. The highest BCUT2D eigenvalue weighted by Gasteiger charge is 1.82. The first-order valence-electron chi connectivity index (χ1n) is 20.8. The number of hydrogen-bond donors (Lipinski definition) is 2. The monoisotopic (exact) mass is 1030 g/mol. The Labute approximate surface area is 424 Å². The molecule has 0 radical (unpaired) electrons. The van der Waals surface area contributed by atoms with Crippen LogP contribution in [0.5, 0.6) is 0 Å². The summed E-state index contributed by atoms with van der Waals surface area (Å²) in [7, 11) is 9.53. The fraction of sp³-hybridized carbons (Fsp3) is 0.286. The molecule has 28 nitrogen and oxygen atoms in total. The van der Waals surface area contributed by atoms with Gasteiger partial charge >= 0.3 is 0 Å². The molecule has 12 rings (SSSR count). The van der Waals surface area contributed by atoms with Crippen LogP contribution in [0.2, 0.25) is 0 Å². The minimum absolute atomic E-state index is 0.676. The van der Waals surface area contributed by atoms with Gasteiger partial charge in [0.2, 0.25) is 6.39 Å². The van der Waals surface area contributed by atoms with Gasteiger partial charge in [-0.05, 0) is 89.7 Å². The number of rotatable bonds is 0. The van der Waals surface area contributed by atoms with E-state index in [0.29, 0.717) is 5.82 Å². The predicted molar refractivity (Wildman–Crippen MR) is 267 cm³/mol. The number of imidazole rings is 2. The lowest BCUT2D eigenvalue weighted by Crippen LogP contribution is -1.83. The summed E-state index contributed by atoms with van der Waals surface area (Å²) < 4.78 is 29.7. The van der Waals surface area contributed by atoms with Gasteiger partial charge in [-0.15, -0.1) is 20.4 Å². The predicted octanol–water partition coefficient (Wildman–Crippen LogP) is 5.76. The zero-order valence-electron chi connectivity index (χ0n) is 42.1. The second kappa shape index (κ2) is 41.0. The third kappa shape index (κ3) is 39.0. The van der Waals surface area contributed by atoms with Crippen LogP contribution in [0.1, 0.15) is 40.1 Å². The molecule has 0 aromatic carbocycles. The van der Waals surface area contributed by atoms with Crippen molar-refractivity contribution in [1.82, 2.24) is 123 Å². The van der Waals surface area contributed by atoms with Crippen molar-refractivity contribution in [3.63, 3.8) is 0 Å². The standard InChI is InChI=1S/C5H7N.3C4H6N2.C4H5NO.3C3H5N3.2C3H4N2O.2C3H4N2S/c1-6-4-2-3-5-6;1-4-2-5-3-6-4;1-6-3-2-5-4-6;1-6-4-2-3-5-6;1-4-2-5-6-3-4;1-6-2-4-5-3-6;1-6-3-4-2-5-6;1-3-4-2-5-6-3;1-3-4-2-6-5-3;1-3-2-6-5-4-3;1-3-4-2-6-5-3;1-3-2-6-5-4-3/h2-5H,1H3;2-3H,1H3,(H,5,6);2*2-4H,1H3;3*2-3H,1H3;2H,1H3,(H,4,5,6);4*2H,1H3. The van der Waals surface area contributed by atoms with E-state index in [1.807, 2.05) is 134 Å². The Bertz CT molecular complexity index is 2030.